The number of aromatic nitrogens is 5. The van der Waals surface area contributed by atoms with Gasteiger partial charge in [-0.15, -0.1) is 5.10 Å². The molecule has 7 nitrogen and oxygen atoms in total. The zero-order valence-electron chi connectivity index (χ0n) is 18.3. The van der Waals surface area contributed by atoms with Crippen molar-refractivity contribution in [1.29, 1.82) is 0 Å². The summed E-state index contributed by atoms with van der Waals surface area (Å²) in [6.07, 6.45) is 8.32. The average Bonchev–Trinajstić information content (AvgIpc) is 3.22. The monoisotopic (exact) mass is 436 g/mol. The third-order valence-corrected chi connectivity index (χ3v) is 6.98. The second-order valence-electron chi connectivity index (χ2n) is 9.09. The molecule has 8 heteroatoms. The zero-order valence-corrected chi connectivity index (χ0v) is 18.3. The molecule has 168 valence electrons. The van der Waals surface area contributed by atoms with E-state index in [2.05, 4.69) is 26.8 Å². The van der Waals surface area contributed by atoms with Gasteiger partial charge in [-0.1, -0.05) is 43.2 Å². The molecule has 1 saturated heterocycles. The Kier molecular flexibility index (Phi) is 5.76. The van der Waals surface area contributed by atoms with E-state index in [-0.39, 0.29) is 22.8 Å². The summed E-state index contributed by atoms with van der Waals surface area (Å²) in [5.41, 5.74) is 2.42. The maximum Gasteiger partial charge on any atom is 0.281 e. The van der Waals surface area contributed by atoms with Crippen LogP contribution in [0.2, 0.25) is 0 Å². The van der Waals surface area contributed by atoms with Crippen LogP contribution in [0.5, 0.6) is 0 Å². The molecule has 0 radical (unpaired) electrons. The number of likely N-dealkylation sites (tertiary alicyclic amines) is 1. The van der Waals surface area contributed by atoms with Gasteiger partial charge in [0.1, 0.15) is 11.6 Å². The molecule has 1 aliphatic carbocycles. The molecule has 2 aliphatic rings. The lowest BCUT2D eigenvalue weighted by atomic mass is 9.85. The van der Waals surface area contributed by atoms with Gasteiger partial charge in [-0.25, -0.2) is 14.1 Å². The van der Waals surface area contributed by atoms with Crippen LogP contribution >= 0.6 is 0 Å². The molecule has 3 heterocycles. The van der Waals surface area contributed by atoms with Crippen molar-refractivity contribution < 1.29 is 4.39 Å². The van der Waals surface area contributed by atoms with Crippen LogP contribution in [0.3, 0.4) is 0 Å². The topological polar surface area (TPSA) is 79.7 Å². The summed E-state index contributed by atoms with van der Waals surface area (Å²) >= 11 is 0. The van der Waals surface area contributed by atoms with Crippen molar-refractivity contribution in [3.05, 3.63) is 64.1 Å². The molecule has 0 amide bonds. The van der Waals surface area contributed by atoms with E-state index in [4.69, 9.17) is 4.98 Å². The number of hydrogen-bond acceptors (Lipinski definition) is 5. The fourth-order valence-corrected chi connectivity index (χ4v) is 5.13. The van der Waals surface area contributed by atoms with E-state index >= 15 is 0 Å². The number of H-pyrrole nitrogens is 1. The Labute approximate surface area is 186 Å². The summed E-state index contributed by atoms with van der Waals surface area (Å²) in [6.45, 7) is 6.59. The van der Waals surface area contributed by atoms with Crippen molar-refractivity contribution in [3.8, 4) is 0 Å². The number of benzene rings is 1. The Morgan fingerprint density at radius 1 is 1.16 bits per heavy atom. The molecule has 0 spiro atoms. The van der Waals surface area contributed by atoms with Crippen LogP contribution in [0.15, 0.2) is 41.3 Å². The van der Waals surface area contributed by atoms with Crippen molar-refractivity contribution >= 4 is 11.2 Å². The van der Waals surface area contributed by atoms with E-state index in [9.17, 15) is 9.18 Å². The third-order valence-electron chi connectivity index (χ3n) is 6.98. The van der Waals surface area contributed by atoms with Gasteiger partial charge < -0.3 is 9.88 Å². The minimum Gasteiger partial charge on any atom is -0.375 e. The number of rotatable bonds is 5. The minimum absolute atomic E-state index is 0.181. The van der Waals surface area contributed by atoms with E-state index < -0.39 is 0 Å². The molecule has 1 saturated carbocycles. The summed E-state index contributed by atoms with van der Waals surface area (Å²) in [4.78, 5) is 22.8. The van der Waals surface area contributed by atoms with Crippen LogP contribution in [0, 0.1) is 11.7 Å². The Morgan fingerprint density at radius 2 is 1.94 bits per heavy atom. The van der Waals surface area contributed by atoms with Gasteiger partial charge in [0.15, 0.2) is 11.2 Å². The largest absolute Gasteiger partial charge is 0.375 e. The summed E-state index contributed by atoms with van der Waals surface area (Å²) in [5, 5.41) is 8.10. The molecular formula is C24H29FN6O. The van der Waals surface area contributed by atoms with Gasteiger partial charge in [-0.05, 0) is 49.3 Å². The lowest BCUT2D eigenvalue weighted by Crippen LogP contribution is -2.35. The lowest BCUT2D eigenvalue weighted by Gasteiger charge is -2.38. The maximum absolute atomic E-state index is 13.6. The predicted octanol–water partition coefficient (Wildman–Crippen LogP) is 3.98. The fourth-order valence-electron chi connectivity index (χ4n) is 5.13. The van der Waals surface area contributed by atoms with Gasteiger partial charge in [0.05, 0.1) is 6.54 Å². The predicted molar refractivity (Wildman–Crippen MR) is 121 cm³/mol. The van der Waals surface area contributed by atoms with Crippen LogP contribution < -0.4 is 5.56 Å². The summed E-state index contributed by atoms with van der Waals surface area (Å²) in [7, 11) is 0. The summed E-state index contributed by atoms with van der Waals surface area (Å²) in [6, 6.07) is 6.33. The first kappa shape index (κ1) is 20.8. The summed E-state index contributed by atoms with van der Waals surface area (Å²) in [5.74, 6) is 1.19. The molecule has 5 rings (SSSR count). The van der Waals surface area contributed by atoms with E-state index in [1.165, 1.54) is 49.9 Å². The number of halogens is 1. The molecule has 0 bridgehead atoms. The van der Waals surface area contributed by atoms with Crippen LogP contribution in [-0.2, 0) is 6.54 Å². The van der Waals surface area contributed by atoms with E-state index in [0.29, 0.717) is 23.9 Å². The quantitative estimate of drug-likeness (QED) is 0.655. The van der Waals surface area contributed by atoms with Gasteiger partial charge in [-0.3, -0.25) is 4.79 Å². The molecule has 1 aliphatic heterocycles. The van der Waals surface area contributed by atoms with E-state index in [1.54, 1.807) is 10.7 Å². The maximum atomic E-state index is 13.6. The third kappa shape index (κ3) is 4.18. The first-order chi connectivity index (χ1) is 15.6. The Morgan fingerprint density at radius 3 is 2.69 bits per heavy atom. The molecule has 1 N–H and O–H groups in total. The Bertz CT molecular complexity index is 1170. The van der Waals surface area contributed by atoms with Crippen molar-refractivity contribution in [3.63, 3.8) is 0 Å². The lowest BCUT2D eigenvalue weighted by molar-refractivity contribution is 0.218. The van der Waals surface area contributed by atoms with Crippen molar-refractivity contribution in [1.82, 2.24) is 29.9 Å². The van der Waals surface area contributed by atoms with Crippen LogP contribution in [0.1, 0.15) is 62.3 Å². The zero-order chi connectivity index (χ0) is 22.1. The number of allylic oxidation sites excluding steroid dienone is 1. The van der Waals surface area contributed by atoms with Gasteiger partial charge in [0.25, 0.3) is 5.56 Å². The van der Waals surface area contributed by atoms with Crippen LogP contribution in [0.4, 0.5) is 4.39 Å². The molecular weight excluding hydrogens is 407 g/mol. The van der Waals surface area contributed by atoms with E-state index in [1.807, 2.05) is 6.07 Å². The molecule has 2 aromatic heterocycles. The Hall–Kier alpha value is -3.03. The molecule has 0 atom stereocenters. The highest BCUT2D eigenvalue weighted by molar-refractivity contribution is 5.68. The highest BCUT2D eigenvalue weighted by atomic mass is 19.1. The van der Waals surface area contributed by atoms with Gasteiger partial charge >= 0.3 is 0 Å². The van der Waals surface area contributed by atoms with Crippen LogP contribution in [-0.4, -0.2) is 43.0 Å². The minimum atomic E-state index is -0.306. The van der Waals surface area contributed by atoms with Crippen molar-refractivity contribution in [2.45, 2.75) is 57.4 Å². The normalized spacial score (nSPS) is 18.3. The van der Waals surface area contributed by atoms with Crippen molar-refractivity contribution in [2.75, 3.05) is 13.1 Å². The highest BCUT2D eigenvalue weighted by Crippen LogP contribution is 2.34. The molecule has 32 heavy (non-hydrogen) atoms. The fraction of sp³-hybridized carbons (Fsp3) is 0.500. The van der Waals surface area contributed by atoms with Gasteiger partial charge in [0, 0.05) is 24.7 Å². The standard InChI is InChI=1S/C24H29FN6O/c1-16(18-7-3-2-4-8-18)30-12-10-19(11-13-30)22-26-23-21(24(32)27-22)28-29-31(23)15-17-6-5-9-20(25)14-17/h5-6,9,14,18-19H,1-4,7-8,10-13,15H2,(H,26,27,32). The average molecular weight is 437 g/mol. The second kappa shape index (κ2) is 8.84. The Balaban J connectivity index is 1.32. The first-order valence-corrected chi connectivity index (χ1v) is 11.6. The number of nitrogens with one attached hydrogen (secondary N) is 1. The molecule has 3 aromatic rings. The SMILES string of the molecule is C=C(C1CCCCC1)N1CCC(c2nc3c(nnn3Cc3cccc(F)c3)c(=O)[nH]2)CC1. The van der Waals surface area contributed by atoms with Gasteiger partial charge in [-0.2, -0.15) is 0 Å². The first-order valence-electron chi connectivity index (χ1n) is 11.6. The number of piperidine rings is 1. The van der Waals surface area contributed by atoms with Crippen LogP contribution in [0.25, 0.3) is 11.2 Å². The smallest absolute Gasteiger partial charge is 0.281 e. The summed E-state index contributed by atoms with van der Waals surface area (Å²) < 4.78 is 15.1. The van der Waals surface area contributed by atoms with Gasteiger partial charge in [0.2, 0.25) is 0 Å². The van der Waals surface area contributed by atoms with E-state index in [0.717, 1.165) is 31.5 Å². The molecule has 1 aromatic carbocycles. The van der Waals surface area contributed by atoms with Crippen molar-refractivity contribution in [2.24, 2.45) is 5.92 Å². The number of nitrogens with zero attached hydrogens (tertiary/aromatic N) is 5. The molecule has 2 fully saturated rings. The second-order valence-corrected chi connectivity index (χ2v) is 9.09. The number of aromatic amines is 1. The highest BCUT2D eigenvalue weighted by Gasteiger charge is 2.27. The number of fused-ring (bicyclic) bond motifs is 1. The number of hydrogen-bond donors (Lipinski definition) is 1. The molecule has 0 unspecified atom stereocenters.